The minimum absolute atomic E-state index is 0.688. The first-order valence-electron chi connectivity index (χ1n) is 6.37. The molecule has 0 amide bonds. The standard InChI is InChI=1S/C16H14ClNO/c1-2-11-5-8-15-14(9-11)18-16(19-15)10-12-3-6-13(17)7-4-12/h3-9H,2,10H2,1H3. The second-order valence-corrected chi connectivity index (χ2v) is 5.00. The van der Waals surface area contributed by atoms with Gasteiger partial charge < -0.3 is 4.42 Å². The lowest BCUT2D eigenvalue weighted by molar-refractivity contribution is 0.544. The van der Waals surface area contributed by atoms with Crippen LogP contribution in [-0.4, -0.2) is 4.98 Å². The van der Waals surface area contributed by atoms with Gasteiger partial charge in [0.1, 0.15) is 5.52 Å². The Kier molecular flexibility index (Phi) is 3.26. The van der Waals surface area contributed by atoms with E-state index in [1.807, 2.05) is 30.3 Å². The molecule has 3 heteroatoms. The predicted molar refractivity (Wildman–Crippen MR) is 77.6 cm³/mol. The molecular formula is C16H14ClNO. The van der Waals surface area contributed by atoms with Crippen molar-refractivity contribution in [1.29, 1.82) is 0 Å². The fourth-order valence-electron chi connectivity index (χ4n) is 2.09. The van der Waals surface area contributed by atoms with E-state index < -0.39 is 0 Å². The Labute approximate surface area is 117 Å². The molecule has 3 aromatic rings. The van der Waals surface area contributed by atoms with Crippen molar-refractivity contribution in [1.82, 2.24) is 4.98 Å². The van der Waals surface area contributed by atoms with Crippen LogP contribution in [0.3, 0.4) is 0 Å². The number of rotatable bonds is 3. The first kappa shape index (κ1) is 12.2. The molecule has 3 rings (SSSR count). The summed E-state index contributed by atoms with van der Waals surface area (Å²) < 4.78 is 5.76. The monoisotopic (exact) mass is 271 g/mol. The molecule has 2 aromatic carbocycles. The topological polar surface area (TPSA) is 26.0 Å². The summed E-state index contributed by atoms with van der Waals surface area (Å²) in [4.78, 5) is 4.54. The number of nitrogens with zero attached hydrogens (tertiary/aromatic N) is 1. The van der Waals surface area contributed by atoms with Crippen LogP contribution in [0.5, 0.6) is 0 Å². The Balaban J connectivity index is 1.90. The van der Waals surface area contributed by atoms with Gasteiger partial charge in [0.05, 0.1) is 0 Å². The molecule has 0 aliphatic rings. The molecule has 0 atom stereocenters. The van der Waals surface area contributed by atoms with Gasteiger partial charge in [-0.3, -0.25) is 0 Å². The first-order valence-corrected chi connectivity index (χ1v) is 6.75. The van der Waals surface area contributed by atoms with E-state index in [0.29, 0.717) is 6.42 Å². The van der Waals surface area contributed by atoms with E-state index in [1.165, 1.54) is 5.56 Å². The number of aromatic nitrogens is 1. The van der Waals surface area contributed by atoms with Crippen molar-refractivity contribution in [2.45, 2.75) is 19.8 Å². The summed E-state index contributed by atoms with van der Waals surface area (Å²) >= 11 is 5.87. The van der Waals surface area contributed by atoms with Crippen molar-refractivity contribution in [2.24, 2.45) is 0 Å². The van der Waals surface area contributed by atoms with Crippen molar-refractivity contribution in [3.8, 4) is 0 Å². The quantitative estimate of drug-likeness (QED) is 0.694. The summed E-state index contributed by atoms with van der Waals surface area (Å²) in [6, 6.07) is 13.9. The Hall–Kier alpha value is -1.80. The first-order chi connectivity index (χ1) is 9.24. The molecule has 0 fully saturated rings. The molecule has 0 N–H and O–H groups in total. The Morgan fingerprint density at radius 1 is 1.05 bits per heavy atom. The Bertz CT molecular complexity index is 700. The molecule has 0 radical (unpaired) electrons. The molecule has 0 unspecified atom stereocenters. The fraction of sp³-hybridized carbons (Fsp3) is 0.188. The average molecular weight is 272 g/mol. The van der Waals surface area contributed by atoms with Gasteiger partial charge in [-0.1, -0.05) is 36.7 Å². The number of benzene rings is 2. The van der Waals surface area contributed by atoms with E-state index in [1.54, 1.807) is 0 Å². The molecule has 0 bridgehead atoms. The van der Waals surface area contributed by atoms with Crippen LogP contribution in [0, 0.1) is 0 Å². The Morgan fingerprint density at radius 2 is 1.79 bits per heavy atom. The van der Waals surface area contributed by atoms with Crippen LogP contribution in [0.25, 0.3) is 11.1 Å². The normalized spacial score (nSPS) is 11.1. The van der Waals surface area contributed by atoms with Crippen molar-refractivity contribution in [3.63, 3.8) is 0 Å². The lowest BCUT2D eigenvalue weighted by atomic mass is 10.1. The van der Waals surface area contributed by atoms with Crippen molar-refractivity contribution < 1.29 is 4.42 Å². The largest absolute Gasteiger partial charge is 0.440 e. The molecular weight excluding hydrogens is 258 g/mol. The molecule has 0 spiro atoms. The zero-order valence-electron chi connectivity index (χ0n) is 10.7. The summed E-state index contributed by atoms with van der Waals surface area (Å²) in [7, 11) is 0. The van der Waals surface area contributed by atoms with E-state index in [0.717, 1.165) is 34.0 Å². The maximum absolute atomic E-state index is 5.87. The third kappa shape index (κ3) is 2.64. The SMILES string of the molecule is CCc1ccc2oc(Cc3ccc(Cl)cc3)nc2c1. The average Bonchev–Trinajstić information content (AvgIpc) is 2.82. The second-order valence-electron chi connectivity index (χ2n) is 4.57. The summed E-state index contributed by atoms with van der Waals surface area (Å²) in [6.07, 6.45) is 1.70. The highest BCUT2D eigenvalue weighted by atomic mass is 35.5. The lowest BCUT2D eigenvalue weighted by Crippen LogP contribution is -1.87. The molecule has 1 heterocycles. The van der Waals surface area contributed by atoms with Crippen LogP contribution >= 0.6 is 11.6 Å². The van der Waals surface area contributed by atoms with E-state index in [4.69, 9.17) is 16.0 Å². The highest BCUT2D eigenvalue weighted by Crippen LogP contribution is 2.20. The molecule has 0 saturated heterocycles. The van der Waals surface area contributed by atoms with Gasteiger partial charge in [-0.05, 0) is 41.8 Å². The number of fused-ring (bicyclic) bond motifs is 1. The number of halogens is 1. The molecule has 19 heavy (non-hydrogen) atoms. The van der Waals surface area contributed by atoms with E-state index >= 15 is 0 Å². The van der Waals surface area contributed by atoms with Gasteiger partial charge in [-0.15, -0.1) is 0 Å². The Morgan fingerprint density at radius 3 is 2.53 bits per heavy atom. The van der Waals surface area contributed by atoms with Crippen LogP contribution in [0.4, 0.5) is 0 Å². The zero-order valence-corrected chi connectivity index (χ0v) is 11.4. The van der Waals surface area contributed by atoms with E-state index in [2.05, 4.69) is 24.0 Å². The maximum Gasteiger partial charge on any atom is 0.199 e. The van der Waals surface area contributed by atoms with E-state index in [9.17, 15) is 0 Å². The summed E-state index contributed by atoms with van der Waals surface area (Å²) in [6.45, 7) is 2.13. The van der Waals surface area contributed by atoms with Gasteiger partial charge in [0.15, 0.2) is 11.5 Å². The van der Waals surface area contributed by atoms with Gasteiger partial charge in [0.25, 0.3) is 0 Å². The molecule has 2 nitrogen and oxygen atoms in total. The zero-order chi connectivity index (χ0) is 13.2. The van der Waals surface area contributed by atoms with Crippen molar-refractivity contribution >= 4 is 22.7 Å². The number of hydrogen-bond acceptors (Lipinski definition) is 2. The van der Waals surface area contributed by atoms with E-state index in [-0.39, 0.29) is 0 Å². The summed E-state index contributed by atoms with van der Waals surface area (Å²) in [5.74, 6) is 0.741. The molecule has 96 valence electrons. The van der Waals surface area contributed by atoms with Gasteiger partial charge in [0, 0.05) is 11.4 Å². The fourth-order valence-corrected chi connectivity index (χ4v) is 2.22. The minimum Gasteiger partial charge on any atom is -0.440 e. The second kappa shape index (κ2) is 5.06. The lowest BCUT2D eigenvalue weighted by Gasteiger charge is -1.96. The molecule has 0 aliphatic carbocycles. The minimum atomic E-state index is 0.688. The van der Waals surface area contributed by atoms with Gasteiger partial charge in [-0.25, -0.2) is 4.98 Å². The van der Waals surface area contributed by atoms with Crippen LogP contribution in [0.15, 0.2) is 46.9 Å². The molecule has 0 aliphatic heterocycles. The third-order valence-electron chi connectivity index (χ3n) is 3.17. The summed E-state index contributed by atoms with van der Waals surface area (Å²) in [5.41, 5.74) is 4.20. The molecule has 0 saturated carbocycles. The highest BCUT2D eigenvalue weighted by Gasteiger charge is 2.07. The van der Waals surface area contributed by atoms with Crippen LogP contribution in [0.1, 0.15) is 23.9 Å². The maximum atomic E-state index is 5.87. The van der Waals surface area contributed by atoms with Gasteiger partial charge in [0.2, 0.25) is 0 Å². The van der Waals surface area contributed by atoms with Gasteiger partial charge in [-0.2, -0.15) is 0 Å². The van der Waals surface area contributed by atoms with Crippen LogP contribution < -0.4 is 0 Å². The van der Waals surface area contributed by atoms with Crippen molar-refractivity contribution in [2.75, 3.05) is 0 Å². The molecule has 1 aromatic heterocycles. The van der Waals surface area contributed by atoms with Crippen LogP contribution in [0.2, 0.25) is 5.02 Å². The summed E-state index contributed by atoms with van der Waals surface area (Å²) in [5, 5.41) is 0.744. The van der Waals surface area contributed by atoms with Crippen molar-refractivity contribution in [3.05, 3.63) is 64.5 Å². The number of oxazole rings is 1. The predicted octanol–water partition coefficient (Wildman–Crippen LogP) is 4.63. The number of aryl methyl sites for hydroxylation is 1. The van der Waals surface area contributed by atoms with Gasteiger partial charge >= 0.3 is 0 Å². The van der Waals surface area contributed by atoms with Crippen LogP contribution in [-0.2, 0) is 12.8 Å². The number of hydrogen-bond donors (Lipinski definition) is 0. The third-order valence-corrected chi connectivity index (χ3v) is 3.43. The highest BCUT2D eigenvalue weighted by molar-refractivity contribution is 6.30. The smallest absolute Gasteiger partial charge is 0.199 e.